The highest BCUT2D eigenvalue weighted by Crippen LogP contribution is 2.08. The largest absolute Gasteiger partial charge is 0.391 e. The number of carbonyl (C=O) groups excluding carboxylic acids is 1. The van der Waals surface area contributed by atoms with E-state index in [0.717, 1.165) is 0 Å². The van der Waals surface area contributed by atoms with E-state index in [0.29, 0.717) is 19.5 Å². The summed E-state index contributed by atoms with van der Waals surface area (Å²) < 4.78 is 0. The van der Waals surface area contributed by atoms with Gasteiger partial charge in [-0.05, 0) is 6.42 Å². The maximum absolute atomic E-state index is 10.9. The molecular formula is C6H11NO2S. The molecule has 0 bridgehead atoms. The SMILES string of the molecule is O=C(CS)N1CCC(O)C1. The van der Waals surface area contributed by atoms with E-state index in [1.165, 1.54) is 0 Å². The third-order valence-electron chi connectivity index (χ3n) is 1.65. The first-order valence-electron chi connectivity index (χ1n) is 3.30. The molecule has 3 nitrogen and oxygen atoms in total. The van der Waals surface area contributed by atoms with Crippen molar-refractivity contribution in [1.29, 1.82) is 0 Å². The van der Waals surface area contributed by atoms with Gasteiger partial charge in [-0.15, -0.1) is 0 Å². The van der Waals surface area contributed by atoms with E-state index in [4.69, 9.17) is 5.11 Å². The second-order valence-electron chi connectivity index (χ2n) is 2.44. The van der Waals surface area contributed by atoms with Crippen LogP contribution in [-0.2, 0) is 4.79 Å². The molecule has 0 aromatic rings. The molecule has 0 saturated carbocycles. The Kier molecular flexibility index (Phi) is 2.56. The average Bonchev–Trinajstić information content (AvgIpc) is 2.34. The molecule has 1 aliphatic heterocycles. The monoisotopic (exact) mass is 161 g/mol. The number of β-amino-alcohol motifs (C(OH)–C–C–N with tert-alkyl or cyclic N) is 1. The molecule has 4 heteroatoms. The summed E-state index contributed by atoms with van der Waals surface area (Å²) in [6, 6.07) is 0. The lowest BCUT2D eigenvalue weighted by Crippen LogP contribution is -2.30. The van der Waals surface area contributed by atoms with Crippen LogP contribution in [0.3, 0.4) is 0 Å². The molecule has 1 atom stereocenters. The lowest BCUT2D eigenvalue weighted by atomic mass is 10.3. The zero-order valence-electron chi connectivity index (χ0n) is 5.66. The van der Waals surface area contributed by atoms with Gasteiger partial charge in [-0.25, -0.2) is 0 Å². The summed E-state index contributed by atoms with van der Waals surface area (Å²) >= 11 is 3.85. The van der Waals surface area contributed by atoms with E-state index in [-0.39, 0.29) is 17.8 Å². The van der Waals surface area contributed by atoms with Gasteiger partial charge in [0.05, 0.1) is 11.9 Å². The van der Waals surface area contributed by atoms with Gasteiger partial charge >= 0.3 is 0 Å². The Hall–Kier alpha value is -0.220. The van der Waals surface area contributed by atoms with Gasteiger partial charge in [-0.3, -0.25) is 4.79 Å². The maximum Gasteiger partial charge on any atom is 0.232 e. The minimum absolute atomic E-state index is 0.0138. The van der Waals surface area contributed by atoms with Gasteiger partial charge in [-0.1, -0.05) is 0 Å². The molecule has 0 aromatic heterocycles. The highest BCUT2D eigenvalue weighted by atomic mass is 32.1. The minimum Gasteiger partial charge on any atom is -0.391 e. The molecule has 1 aliphatic rings. The number of amides is 1. The molecule has 1 rings (SSSR count). The van der Waals surface area contributed by atoms with Gasteiger partial charge in [0, 0.05) is 13.1 Å². The van der Waals surface area contributed by atoms with E-state index in [1.54, 1.807) is 4.90 Å². The maximum atomic E-state index is 10.9. The van der Waals surface area contributed by atoms with Crippen LogP contribution >= 0.6 is 12.6 Å². The van der Waals surface area contributed by atoms with E-state index >= 15 is 0 Å². The first-order valence-corrected chi connectivity index (χ1v) is 3.94. The third kappa shape index (κ3) is 1.64. The molecule has 1 heterocycles. The van der Waals surface area contributed by atoms with Crippen molar-refractivity contribution in [2.24, 2.45) is 0 Å². The van der Waals surface area contributed by atoms with Crippen molar-refractivity contribution >= 4 is 18.5 Å². The number of carbonyl (C=O) groups is 1. The summed E-state index contributed by atoms with van der Waals surface area (Å²) in [7, 11) is 0. The second-order valence-corrected chi connectivity index (χ2v) is 2.76. The second kappa shape index (κ2) is 3.25. The third-order valence-corrected chi connectivity index (χ3v) is 1.92. The molecule has 58 valence electrons. The fourth-order valence-electron chi connectivity index (χ4n) is 1.07. The van der Waals surface area contributed by atoms with Crippen molar-refractivity contribution in [1.82, 2.24) is 4.90 Å². The van der Waals surface area contributed by atoms with Gasteiger partial charge in [0.1, 0.15) is 0 Å². The highest BCUT2D eigenvalue weighted by Gasteiger charge is 2.22. The van der Waals surface area contributed by atoms with E-state index in [1.807, 2.05) is 0 Å². The Morgan fingerprint density at radius 2 is 2.50 bits per heavy atom. The summed E-state index contributed by atoms with van der Waals surface area (Å²) in [6.45, 7) is 1.17. The fourth-order valence-corrected chi connectivity index (χ4v) is 1.27. The number of hydrogen-bond acceptors (Lipinski definition) is 3. The summed E-state index contributed by atoms with van der Waals surface area (Å²) in [6.07, 6.45) is 0.392. The normalized spacial score (nSPS) is 25.4. The van der Waals surface area contributed by atoms with Crippen molar-refractivity contribution in [3.63, 3.8) is 0 Å². The van der Waals surface area contributed by atoms with Crippen LogP contribution in [0, 0.1) is 0 Å². The molecule has 0 radical (unpaired) electrons. The molecule has 0 aliphatic carbocycles. The van der Waals surface area contributed by atoms with Crippen LogP contribution in [0.1, 0.15) is 6.42 Å². The lowest BCUT2D eigenvalue weighted by molar-refractivity contribution is -0.127. The van der Waals surface area contributed by atoms with Crippen LogP contribution < -0.4 is 0 Å². The van der Waals surface area contributed by atoms with Crippen molar-refractivity contribution in [3.05, 3.63) is 0 Å². The highest BCUT2D eigenvalue weighted by molar-refractivity contribution is 7.81. The zero-order chi connectivity index (χ0) is 7.56. The molecule has 1 unspecified atom stereocenters. The Bertz CT molecular complexity index is 140. The van der Waals surface area contributed by atoms with Crippen LogP contribution in [0.15, 0.2) is 0 Å². The molecular weight excluding hydrogens is 150 g/mol. The molecule has 1 saturated heterocycles. The van der Waals surface area contributed by atoms with Crippen LogP contribution in [-0.4, -0.2) is 40.9 Å². The Balaban J connectivity index is 2.37. The van der Waals surface area contributed by atoms with Crippen molar-refractivity contribution < 1.29 is 9.90 Å². The van der Waals surface area contributed by atoms with Gasteiger partial charge in [0.25, 0.3) is 0 Å². The lowest BCUT2D eigenvalue weighted by Gasteiger charge is -2.12. The van der Waals surface area contributed by atoms with Gasteiger partial charge in [-0.2, -0.15) is 12.6 Å². The number of aliphatic hydroxyl groups excluding tert-OH is 1. The summed E-state index contributed by atoms with van der Waals surface area (Å²) in [4.78, 5) is 12.5. The first kappa shape index (κ1) is 7.88. The van der Waals surface area contributed by atoms with E-state index < -0.39 is 0 Å². The van der Waals surface area contributed by atoms with E-state index in [9.17, 15) is 4.79 Å². The predicted octanol–water partition coefficient (Wildman–Crippen LogP) is -0.491. The molecule has 10 heavy (non-hydrogen) atoms. The number of thiol groups is 1. The van der Waals surface area contributed by atoms with Gasteiger partial charge in [0.2, 0.25) is 5.91 Å². The topological polar surface area (TPSA) is 40.5 Å². The fraction of sp³-hybridized carbons (Fsp3) is 0.833. The van der Waals surface area contributed by atoms with Crippen LogP contribution in [0.4, 0.5) is 0 Å². The van der Waals surface area contributed by atoms with Gasteiger partial charge < -0.3 is 10.0 Å². The summed E-state index contributed by atoms with van der Waals surface area (Å²) in [5, 5.41) is 9.03. The van der Waals surface area contributed by atoms with Crippen molar-refractivity contribution in [2.45, 2.75) is 12.5 Å². The number of rotatable bonds is 1. The smallest absolute Gasteiger partial charge is 0.232 e. The van der Waals surface area contributed by atoms with Crippen LogP contribution in [0.2, 0.25) is 0 Å². The van der Waals surface area contributed by atoms with Crippen LogP contribution in [0.5, 0.6) is 0 Å². The summed E-state index contributed by atoms with van der Waals surface area (Å²) in [5.74, 6) is 0.257. The van der Waals surface area contributed by atoms with Gasteiger partial charge in [0.15, 0.2) is 0 Å². The minimum atomic E-state index is -0.316. The number of hydrogen-bond donors (Lipinski definition) is 2. The van der Waals surface area contributed by atoms with Crippen molar-refractivity contribution in [2.75, 3.05) is 18.8 Å². The Morgan fingerprint density at radius 3 is 2.90 bits per heavy atom. The van der Waals surface area contributed by atoms with E-state index in [2.05, 4.69) is 12.6 Å². The van der Waals surface area contributed by atoms with Crippen molar-refractivity contribution in [3.8, 4) is 0 Å². The first-order chi connectivity index (χ1) is 4.74. The molecule has 0 aromatic carbocycles. The average molecular weight is 161 g/mol. The predicted molar refractivity (Wildman–Crippen MR) is 41.1 cm³/mol. The Labute approximate surface area is 65.4 Å². The summed E-state index contributed by atoms with van der Waals surface area (Å²) in [5.41, 5.74) is 0. The zero-order valence-corrected chi connectivity index (χ0v) is 6.55. The standard InChI is InChI=1S/C6H11NO2S/c8-5-1-2-7(3-5)6(9)4-10/h5,8,10H,1-4H2. The number of aliphatic hydroxyl groups is 1. The quantitative estimate of drug-likeness (QED) is 0.509. The number of nitrogens with zero attached hydrogens (tertiary/aromatic N) is 1. The Morgan fingerprint density at radius 1 is 1.80 bits per heavy atom. The molecule has 1 fully saturated rings. The molecule has 1 amide bonds. The number of likely N-dealkylation sites (tertiary alicyclic amines) is 1. The van der Waals surface area contributed by atoms with Crippen LogP contribution in [0.25, 0.3) is 0 Å². The molecule has 1 N–H and O–H groups in total. The molecule has 0 spiro atoms.